The molecule has 0 radical (unpaired) electrons. The van der Waals surface area contributed by atoms with E-state index in [0.29, 0.717) is 13.2 Å². The highest BCUT2D eigenvalue weighted by atomic mass is 16.5. The maximum atomic E-state index is 11.6. The molecular weight excluding hydrogens is 216 g/mol. The molecule has 0 heterocycles. The molecule has 0 aromatic carbocycles. The zero-order valence-corrected chi connectivity index (χ0v) is 10.9. The Bertz CT molecular complexity index is 236. The van der Waals surface area contributed by atoms with Crippen LogP contribution in [-0.2, 0) is 9.53 Å². The lowest BCUT2D eigenvalue weighted by Crippen LogP contribution is -2.42. The first kappa shape index (κ1) is 16.0. The van der Waals surface area contributed by atoms with Crippen LogP contribution in [0, 0.1) is 12.3 Å². The van der Waals surface area contributed by atoms with Gasteiger partial charge in [0, 0.05) is 26.7 Å². The molecule has 0 bridgehead atoms. The van der Waals surface area contributed by atoms with Crippen LogP contribution in [0.15, 0.2) is 0 Å². The standard InChI is InChI=1S/C13H24N2O2/c1-4-5-6-7-9-14-12(2)13(16)15-10-8-11-17-3/h1,12,14H,5-11H2,2-3H3,(H,15,16). The molecule has 17 heavy (non-hydrogen) atoms. The highest BCUT2D eigenvalue weighted by Crippen LogP contribution is 1.92. The van der Waals surface area contributed by atoms with E-state index in [2.05, 4.69) is 16.6 Å². The van der Waals surface area contributed by atoms with Crippen molar-refractivity contribution >= 4 is 5.91 Å². The second kappa shape index (κ2) is 11.4. The first-order chi connectivity index (χ1) is 8.22. The van der Waals surface area contributed by atoms with E-state index in [1.54, 1.807) is 7.11 Å². The van der Waals surface area contributed by atoms with Crippen molar-refractivity contribution in [1.82, 2.24) is 10.6 Å². The first-order valence-corrected chi connectivity index (χ1v) is 6.16. The van der Waals surface area contributed by atoms with Crippen LogP contribution in [0.5, 0.6) is 0 Å². The molecule has 0 aromatic rings. The van der Waals surface area contributed by atoms with Crippen LogP contribution in [0.1, 0.15) is 32.6 Å². The normalized spacial score (nSPS) is 11.8. The molecule has 0 aliphatic heterocycles. The van der Waals surface area contributed by atoms with Gasteiger partial charge in [0.25, 0.3) is 0 Å². The van der Waals surface area contributed by atoms with E-state index in [4.69, 9.17) is 11.2 Å². The number of terminal acetylenes is 1. The van der Waals surface area contributed by atoms with Crippen molar-refractivity contribution in [3.63, 3.8) is 0 Å². The van der Waals surface area contributed by atoms with E-state index >= 15 is 0 Å². The molecule has 1 atom stereocenters. The Labute approximate surface area is 104 Å². The van der Waals surface area contributed by atoms with Crippen LogP contribution >= 0.6 is 0 Å². The van der Waals surface area contributed by atoms with Gasteiger partial charge in [-0.25, -0.2) is 0 Å². The van der Waals surface area contributed by atoms with Gasteiger partial charge >= 0.3 is 0 Å². The summed E-state index contributed by atoms with van der Waals surface area (Å²) in [6.07, 6.45) is 8.81. The quantitative estimate of drug-likeness (QED) is 0.441. The van der Waals surface area contributed by atoms with E-state index in [-0.39, 0.29) is 11.9 Å². The van der Waals surface area contributed by atoms with Gasteiger partial charge in [-0.05, 0) is 32.7 Å². The number of rotatable bonds is 10. The van der Waals surface area contributed by atoms with E-state index in [9.17, 15) is 4.79 Å². The maximum absolute atomic E-state index is 11.6. The van der Waals surface area contributed by atoms with Crippen LogP contribution in [0.4, 0.5) is 0 Å². The van der Waals surface area contributed by atoms with Crippen molar-refractivity contribution < 1.29 is 9.53 Å². The van der Waals surface area contributed by atoms with Crippen LogP contribution in [-0.4, -0.2) is 38.8 Å². The van der Waals surface area contributed by atoms with Gasteiger partial charge < -0.3 is 15.4 Å². The third-order valence-corrected chi connectivity index (χ3v) is 2.42. The lowest BCUT2D eigenvalue weighted by Gasteiger charge is -2.13. The SMILES string of the molecule is C#CCCCCNC(C)C(=O)NCCCOC. The van der Waals surface area contributed by atoms with Crippen molar-refractivity contribution in [1.29, 1.82) is 0 Å². The number of carbonyl (C=O) groups is 1. The van der Waals surface area contributed by atoms with Gasteiger partial charge in [-0.1, -0.05) is 0 Å². The number of carbonyl (C=O) groups excluding carboxylic acids is 1. The summed E-state index contributed by atoms with van der Waals surface area (Å²) < 4.78 is 4.90. The highest BCUT2D eigenvalue weighted by Gasteiger charge is 2.10. The summed E-state index contributed by atoms with van der Waals surface area (Å²) in [5, 5.41) is 6.03. The van der Waals surface area contributed by atoms with Gasteiger partial charge in [-0.15, -0.1) is 12.3 Å². The number of hydrogen-bond donors (Lipinski definition) is 2. The third kappa shape index (κ3) is 9.86. The van der Waals surface area contributed by atoms with E-state index in [1.165, 1.54) is 0 Å². The summed E-state index contributed by atoms with van der Waals surface area (Å²) in [7, 11) is 1.65. The average molecular weight is 240 g/mol. The van der Waals surface area contributed by atoms with E-state index in [1.807, 2.05) is 6.92 Å². The smallest absolute Gasteiger partial charge is 0.236 e. The lowest BCUT2D eigenvalue weighted by atomic mass is 10.2. The molecule has 1 amide bonds. The van der Waals surface area contributed by atoms with Crippen LogP contribution < -0.4 is 10.6 Å². The molecule has 0 aliphatic rings. The maximum Gasteiger partial charge on any atom is 0.236 e. The summed E-state index contributed by atoms with van der Waals surface area (Å²) in [6.45, 7) is 4.03. The Kier molecular flexibility index (Phi) is 10.7. The molecule has 0 fully saturated rings. The minimum atomic E-state index is -0.150. The second-order valence-corrected chi connectivity index (χ2v) is 3.97. The van der Waals surface area contributed by atoms with E-state index < -0.39 is 0 Å². The fourth-order valence-electron chi connectivity index (χ4n) is 1.34. The molecule has 0 saturated heterocycles. The van der Waals surface area contributed by atoms with Gasteiger partial charge in [-0.3, -0.25) is 4.79 Å². The molecule has 0 saturated carbocycles. The number of amides is 1. The van der Waals surface area contributed by atoms with Crippen molar-refractivity contribution in [2.45, 2.75) is 38.6 Å². The topological polar surface area (TPSA) is 50.4 Å². The Hall–Kier alpha value is -1.05. The molecule has 0 aromatic heterocycles. The monoisotopic (exact) mass is 240 g/mol. The first-order valence-electron chi connectivity index (χ1n) is 6.16. The summed E-state index contributed by atoms with van der Waals surface area (Å²) in [5.41, 5.74) is 0. The molecule has 2 N–H and O–H groups in total. The van der Waals surface area contributed by atoms with Gasteiger partial charge in [0.1, 0.15) is 0 Å². The molecule has 4 nitrogen and oxygen atoms in total. The van der Waals surface area contributed by atoms with Crippen molar-refractivity contribution in [2.24, 2.45) is 0 Å². The molecule has 0 aliphatic carbocycles. The molecule has 1 unspecified atom stereocenters. The van der Waals surface area contributed by atoms with Gasteiger partial charge in [0.2, 0.25) is 5.91 Å². The minimum absolute atomic E-state index is 0.0399. The Morgan fingerprint density at radius 3 is 2.76 bits per heavy atom. The fourth-order valence-corrected chi connectivity index (χ4v) is 1.34. The highest BCUT2D eigenvalue weighted by molar-refractivity contribution is 5.81. The summed E-state index contributed by atoms with van der Waals surface area (Å²) in [4.78, 5) is 11.6. The van der Waals surface area contributed by atoms with Gasteiger partial charge in [-0.2, -0.15) is 0 Å². The zero-order valence-electron chi connectivity index (χ0n) is 10.9. The van der Waals surface area contributed by atoms with E-state index in [0.717, 1.165) is 32.2 Å². The number of methoxy groups -OCH3 is 1. The Morgan fingerprint density at radius 1 is 1.35 bits per heavy atom. The molecule has 4 heteroatoms. The zero-order chi connectivity index (χ0) is 12.9. The summed E-state index contributed by atoms with van der Waals surface area (Å²) in [5.74, 6) is 2.64. The van der Waals surface area contributed by atoms with Crippen molar-refractivity contribution in [3.05, 3.63) is 0 Å². The predicted molar refractivity (Wildman–Crippen MR) is 69.7 cm³/mol. The molecule has 0 rings (SSSR count). The van der Waals surface area contributed by atoms with Gasteiger partial charge in [0.05, 0.1) is 6.04 Å². The summed E-state index contributed by atoms with van der Waals surface area (Å²) >= 11 is 0. The fraction of sp³-hybridized carbons (Fsp3) is 0.769. The number of unbranched alkanes of at least 4 members (excludes halogenated alkanes) is 2. The third-order valence-electron chi connectivity index (χ3n) is 2.42. The average Bonchev–Trinajstić information content (AvgIpc) is 2.34. The number of nitrogens with one attached hydrogen (secondary N) is 2. The van der Waals surface area contributed by atoms with Crippen molar-refractivity contribution in [3.8, 4) is 12.3 Å². The van der Waals surface area contributed by atoms with Crippen molar-refractivity contribution in [2.75, 3.05) is 26.8 Å². The summed E-state index contributed by atoms with van der Waals surface area (Å²) in [6, 6.07) is -0.150. The molecule has 0 spiro atoms. The Balaban J connectivity index is 3.44. The van der Waals surface area contributed by atoms with Crippen LogP contribution in [0.25, 0.3) is 0 Å². The van der Waals surface area contributed by atoms with Crippen LogP contribution in [0.2, 0.25) is 0 Å². The molecular formula is C13H24N2O2. The second-order valence-electron chi connectivity index (χ2n) is 3.97. The largest absolute Gasteiger partial charge is 0.385 e. The van der Waals surface area contributed by atoms with Gasteiger partial charge in [0.15, 0.2) is 0 Å². The van der Waals surface area contributed by atoms with Crippen LogP contribution in [0.3, 0.4) is 0 Å². The lowest BCUT2D eigenvalue weighted by molar-refractivity contribution is -0.122. The number of ether oxygens (including phenoxy) is 1. The predicted octanol–water partition coefficient (Wildman–Crippen LogP) is 0.921. The Morgan fingerprint density at radius 2 is 2.12 bits per heavy atom. The minimum Gasteiger partial charge on any atom is -0.385 e. The number of hydrogen-bond acceptors (Lipinski definition) is 3. The molecule has 98 valence electrons.